The number of hydrogen-bond acceptors (Lipinski definition) is 9. The van der Waals surface area contributed by atoms with E-state index < -0.39 is 0 Å². The lowest BCUT2D eigenvalue weighted by atomic mass is 10.1. The molecule has 10 heteroatoms. The summed E-state index contributed by atoms with van der Waals surface area (Å²) in [7, 11) is 0. The van der Waals surface area contributed by atoms with Crippen molar-refractivity contribution in [3.8, 4) is 0 Å². The maximum absolute atomic E-state index is 12.8. The number of aromatic nitrogens is 2. The largest absolute Gasteiger partial charge is 0.400 e. The summed E-state index contributed by atoms with van der Waals surface area (Å²) in [6, 6.07) is 8.89. The molecule has 3 aliphatic rings. The molecule has 34 heavy (non-hydrogen) atoms. The van der Waals surface area contributed by atoms with Crippen LogP contribution in [0.25, 0.3) is 0 Å². The number of nitrogens with one attached hydrogen (secondary N) is 2. The van der Waals surface area contributed by atoms with Gasteiger partial charge in [0.05, 0.1) is 30.3 Å². The van der Waals surface area contributed by atoms with Crippen LogP contribution in [0, 0.1) is 5.53 Å². The van der Waals surface area contributed by atoms with Crippen LogP contribution in [0.2, 0.25) is 0 Å². The smallest absolute Gasteiger partial charge is 0.236 e. The van der Waals surface area contributed by atoms with Crippen molar-refractivity contribution in [3.05, 3.63) is 59.2 Å². The second-order valence-corrected chi connectivity index (χ2v) is 9.20. The topological polar surface area (TPSA) is 127 Å². The minimum atomic E-state index is 0.109. The van der Waals surface area contributed by atoms with E-state index in [4.69, 9.17) is 11.3 Å². The lowest BCUT2D eigenvalue weighted by Gasteiger charge is -2.37. The monoisotopic (exact) mass is 461 g/mol. The summed E-state index contributed by atoms with van der Waals surface area (Å²) in [5.74, 6) is 0.767. The molecule has 178 valence electrons. The Labute approximate surface area is 199 Å². The first-order valence-corrected chi connectivity index (χ1v) is 11.8. The van der Waals surface area contributed by atoms with Gasteiger partial charge in [0.2, 0.25) is 11.9 Å². The summed E-state index contributed by atoms with van der Waals surface area (Å²) in [5.41, 5.74) is 18.1. The van der Waals surface area contributed by atoms with E-state index in [0.717, 1.165) is 38.2 Å². The van der Waals surface area contributed by atoms with Gasteiger partial charge in [0, 0.05) is 57.4 Å². The van der Waals surface area contributed by atoms with Crippen molar-refractivity contribution >= 4 is 17.5 Å². The van der Waals surface area contributed by atoms with Gasteiger partial charge in [-0.1, -0.05) is 24.3 Å². The molecule has 1 amide bonds. The van der Waals surface area contributed by atoms with Crippen LogP contribution in [0.5, 0.6) is 0 Å². The number of nitrogens with zero attached hydrogens (tertiary/aromatic N) is 6. The second-order valence-electron chi connectivity index (χ2n) is 9.20. The first-order valence-electron chi connectivity index (χ1n) is 11.8. The molecule has 0 bridgehead atoms. The van der Waals surface area contributed by atoms with Crippen molar-refractivity contribution in [2.45, 2.75) is 25.3 Å². The summed E-state index contributed by atoms with van der Waals surface area (Å²) in [6.45, 7) is 4.36. The van der Waals surface area contributed by atoms with E-state index >= 15 is 0 Å². The van der Waals surface area contributed by atoms with Gasteiger partial charge in [0.25, 0.3) is 0 Å². The highest BCUT2D eigenvalue weighted by molar-refractivity contribution is 5.78. The van der Waals surface area contributed by atoms with Crippen LogP contribution in [0.3, 0.4) is 0 Å². The Hall–Kier alpha value is -3.53. The molecule has 3 heterocycles. The van der Waals surface area contributed by atoms with Crippen molar-refractivity contribution in [3.63, 3.8) is 0 Å². The number of benzene rings is 1. The van der Waals surface area contributed by atoms with Crippen molar-refractivity contribution in [2.24, 2.45) is 10.8 Å². The molecule has 1 aromatic carbocycles. The van der Waals surface area contributed by atoms with Gasteiger partial charge in [0.1, 0.15) is 0 Å². The molecule has 0 atom stereocenters. The number of nitrogens with two attached hydrogens (primary N) is 1. The van der Waals surface area contributed by atoms with Crippen molar-refractivity contribution in [1.29, 1.82) is 5.53 Å². The van der Waals surface area contributed by atoms with E-state index in [1.54, 1.807) is 0 Å². The Bertz CT molecular complexity index is 1050. The highest BCUT2D eigenvalue weighted by Crippen LogP contribution is 2.24. The molecule has 2 aliphatic heterocycles. The average Bonchev–Trinajstić information content (AvgIpc) is 3.28. The molecule has 0 unspecified atom stereocenters. The third kappa shape index (κ3) is 4.86. The summed E-state index contributed by atoms with van der Waals surface area (Å²) >= 11 is 0. The molecule has 0 saturated carbocycles. The Morgan fingerprint density at radius 2 is 1.76 bits per heavy atom. The molecule has 2 aromatic rings. The number of amides is 1. The van der Waals surface area contributed by atoms with Crippen LogP contribution in [0.15, 0.2) is 53.2 Å². The number of hydrogen-bond donors (Lipinski definition) is 3. The highest BCUT2D eigenvalue weighted by Gasteiger charge is 2.26. The van der Waals surface area contributed by atoms with Crippen LogP contribution < -0.4 is 16.0 Å². The lowest BCUT2D eigenvalue weighted by molar-refractivity contribution is -0.132. The van der Waals surface area contributed by atoms with Gasteiger partial charge < -0.3 is 20.9 Å². The summed E-state index contributed by atoms with van der Waals surface area (Å²) in [6.07, 6.45) is 6.38. The van der Waals surface area contributed by atoms with Crippen molar-refractivity contribution < 1.29 is 4.79 Å². The summed E-state index contributed by atoms with van der Waals surface area (Å²) < 4.78 is 0. The zero-order valence-corrected chi connectivity index (χ0v) is 19.3. The third-order valence-corrected chi connectivity index (χ3v) is 6.96. The van der Waals surface area contributed by atoms with Gasteiger partial charge in [-0.25, -0.2) is 15.5 Å². The Morgan fingerprint density at radius 1 is 1.09 bits per heavy atom. The molecule has 5 rings (SSSR count). The predicted octanol–water partition coefficient (Wildman–Crippen LogP) is 1.61. The molecule has 10 nitrogen and oxygen atoms in total. The fraction of sp³-hybridized carbons (Fsp3) is 0.458. The molecule has 1 aliphatic carbocycles. The Morgan fingerprint density at radius 3 is 2.41 bits per heavy atom. The van der Waals surface area contributed by atoms with Crippen molar-refractivity contribution in [2.75, 3.05) is 56.0 Å². The normalized spacial score (nSPS) is 19.3. The second kappa shape index (κ2) is 9.76. The van der Waals surface area contributed by atoms with Gasteiger partial charge in [0.15, 0.2) is 0 Å². The van der Waals surface area contributed by atoms with E-state index in [1.165, 1.54) is 11.1 Å². The first kappa shape index (κ1) is 22.3. The minimum absolute atomic E-state index is 0.109. The molecule has 0 radical (unpaired) electrons. The standard InChI is InChI=1S/C24H31N9O/c25-21-5-6-31(15-22(21)30-26)16-23(34)33-9-7-32(8-10-33)20-13-27-24(28-14-20)29-19-11-17-3-1-2-4-18(17)12-19/h1-4,13-14,19,26H,5-12,15-16,25H2,(H,27,28,29). The zero-order valence-electron chi connectivity index (χ0n) is 19.3. The van der Waals surface area contributed by atoms with Gasteiger partial charge in [-0.15, -0.1) is 0 Å². The Kier molecular flexibility index (Phi) is 6.39. The first-order chi connectivity index (χ1) is 16.6. The Balaban J connectivity index is 1.09. The van der Waals surface area contributed by atoms with Gasteiger partial charge in [-0.05, 0) is 24.0 Å². The molecular formula is C24H31N9O. The summed E-state index contributed by atoms with van der Waals surface area (Å²) in [5, 5.41) is 6.96. The maximum atomic E-state index is 12.8. The van der Waals surface area contributed by atoms with E-state index in [-0.39, 0.29) is 5.91 Å². The van der Waals surface area contributed by atoms with Crippen molar-refractivity contribution in [1.82, 2.24) is 19.8 Å². The van der Waals surface area contributed by atoms with Crippen LogP contribution in [-0.4, -0.2) is 77.5 Å². The fourth-order valence-corrected chi connectivity index (χ4v) is 4.97. The van der Waals surface area contributed by atoms with E-state index in [9.17, 15) is 4.79 Å². The maximum Gasteiger partial charge on any atom is 0.236 e. The number of piperazine rings is 1. The fourth-order valence-electron chi connectivity index (χ4n) is 4.97. The molecule has 0 spiro atoms. The molecular weight excluding hydrogens is 430 g/mol. The molecule has 1 aromatic heterocycles. The lowest BCUT2D eigenvalue weighted by Crippen LogP contribution is -2.52. The number of fused-ring (bicyclic) bond motifs is 1. The van der Waals surface area contributed by atoms with Crippen LogP contribution in [-0.2, 0) is 17.6 Å². The number of anilines is 2. The highest BCUT2D eigenvalue weighted by atomic mass is 16.2. The zero-order chi connectivity index (χ0) is 23.5. The van der Waals surface area contributed by atoms with E-state index in [1.807, 2.05) is 22.2 Å². The predicted molar refractivity (Wildman–Crippen MR) is 130 cm³/mol. The quantitative estimate of drug-likeness (QED) is 0.558. The molecule has 4 N–H and O–H groups in total. The molecule has 1 saturated heterocycles. The van der Waals surface area contributed by atoms with Crippen LogP contribution in [0.4, 0.5) is 11.6 Å². The number of carbonyl (C=O) groups is 1. The van der Waals surface area contributed by atoms with E-state index in [2.05, 4.69) is 49.6 Å². The number of carbonyl (C=O) groups excluding carboxylic acids is 1. The minimum Gasteiger partial charge on any atom is -0.400 e. The van der Waals surface area contributed by atoms with Gasteiger partial charge in [-0.2, -0.15) is 5.11 Å². The van der Waals surface area contributed by atoms with Gasteiger partial charge in [-0.3, -0.25) is 9.69 Å². The third-order valence-electron chi connectivity index (χ3n) is 6.96. The van der Waals surface area contributed by atoms with Crippen LogP contribution >= 0.6 is 0 Å². The van der Waals surface area contributed by atoms with E-state index in [0.29, 0.717) is 56.0 Å². The average molecular weight is 462 g/mol. The van der Waals surface area contributed by atoms with Crippen LogP contribution in [0.1, 0.15) is 17.5 Å². The number of rotatable bonds is 6. The summed E-state index contributed by atoms with van der Waals surface area (Å²) in [4.78, 5) is 28.0. The molecule has 1 fully saturated rings. The van der Waals surface area contributed by atoms with Gasteiger partial charge >= 0.3 is 0 Å². The SMILES string of the molecule is N=NC1=C(N)CCN(CC(=O)N2CCN(c3cnc(NC4Cc5ccccc5C4)nc3)CC2)C1.